The highest BCUT2D eigenvalue weighted by Crippen LogP contribution is 2.35. The highest BCUT2D eigenvalue weighted by Gasteiger charge is 2.20. The van der Waals surface area contributed by atoms with Crippen LogP contribution in [0.4, 0.5) is 8.78 Å². The maximum atomic E-state index is 14.5. The van der Waals surface area contributed by atoms with Crippen molar-refractivity contribution >= 4 is 10.8 Å². The van der Waals surface area contributed by atoms with Crippen LogP contribution in [0.3, 0.4) is 0 Å². The molecule has 0 bridgehead atoms. The first-order valence-corrected chi connectivity index (χ1v) is 9.59. The van der Waals surface area contributed by atoms with Gasteiger partial charge in [-0.05, 0) is 77.4 Å². The molecule has 0 amide bonds. The molecule has 0 radical (unpaired) electrons. The Bertz CT molecular complexity index is 1030. The van der Waals surface area contributed by atoms with Crippen LogP contribution in [0.25, 0.3) is 10.8 Å². The average molecular weight is 360 g/mol. The third-order valence-corrected chi connectivity index (χ3v) is 5.62. The summed E-state index contributed by atoms with van der Waals surface area (Å²) in [6, 6.07) is 15.7. The molecule has 0 N–H and O–H groups in total. The van der Waals surface area contributed by atoms with Crippen LogP contribution in [0.15, 0.2) is 54.6 Å². The summed E-state index contributed by atoms with van der Waals surface area (Å²) in [7, 11) is 0. The van der Waals surface area contributed by atoms with Gasteiger partial charge >= 0.3 is 0 Å². The molecule has 1 aliphatic rings. The van der Waals surface area contributed by atoms with Gasteiger partial charge in [-0.3, -0.25) is 0 Å². The maximum absolute atomic E-state index is 14.5. The fourth-order valence-electron chi connectivity index (χ4n) is 3.91. The molecule has 3 aromatic carbocycles. The van der Waals surface area contributed by atoms with Gasteiger partial charge < -0.3 is 0 Å². The van der Waals surface area contributed by atoms with Gasteiger partial charge in [0.25, 0.3) is 0 Å². The van der Waals surface area contributed by atoms with Crippen molar-refractivity contribution in [1.29, 1.82) is 0 Å². The third-order valence-electron chi connectivity index (χ3n) is 5.62. The summed E-state index contributed by atoms with van der Waals surface area (Å²) in [5.74, 6) is 6.73. The van der Waals surface area contributed by atoms with Gasteiger partial charge in [0.05, 0.1) is 5.56 Å². The molecule has 27 heavy (non-hydrogen) atoms. The molecular formula is C25H22F2. The van der Waals surface area contributed by atoms with Gasteiger partial charge in [-0.2, -0.15) is 0 Å². The number of rotatable bonds is 1. The normalized spacial score (nSPS) is 19.5. The molecule has 1 saturated carbocycles. The molecular weight excluding hydrogens is 338 g/mol. The van der Waals surface area contributed by atoms with E-state index in [0.29, 0.717) is 11.5 Å². The zero-order valence-corrected chi connectivity index (χ0v) is 15.4. The molecule has 136 valence electrons. The molecule has 0 heterocycles. The molecule has 1 aliphatic carbocycles. The summed E-state index contributed by atoms with van der Waals surface area (Å²) in [4.78, 5) is 0. The molecule has 0 aliphatic heterocycles. The van der Waals surface area contributed by atoms with Crippen molar-refractivity contribution < 1.29 is 8.78 Å². The minimum atomic E-state index is -0.254. The van der Waals surface area contributed by atoms with Crippen LogP contribution in [0.5, 0.6) is 0 Å². The molecule has 0 atom stereocenters. The molecule has 1 fully saturated rings. The summed E-state index contributed by atoms with van der Waals surface area (Å²) < 4.78 is 27.8. The van der Waals surface area contributed by atoms with Crippen LogP contribution in [0, 0.1) is 29.4 Å². The number of hydrogen-bond acceptors (Lipinski definition) is 0. The van der Waals surface area contributed by atoms with Crippen LogP contribution in [0.1, 0.15) is 55.2 Å². The Morgan fingerprint density at radius 1 is 0.778 bits per heavy atom. The summed E-state index contributed by atoms with van der Waals surface area (Å²) in [6.07, 6.45) is 4.73. The Morgan fingerprint density at radius 3 is 2.30 bits per heavy atom. The van der Waals surface area contributed by atoms with Crippen LogP contribution in [-0.2, 0) is 0 Å². The summed E-state index contributed by atoms with van der Waals surface area (Å²) >= 11 is 0. The SMILES string of the molecule is CC1CCC(c2ccc(C#Cc3ccc4cc(F)ccc4c3)c(F)c2)CC1. The van der Waals surface area contributed by atoms with Crippen molar-refractivity contribution in [2.75, 3.05) is 0 Å². The standard InChI is InChI=1S/C25H22F2/c1-17-2-6-19(7-3-17)23-11-10-20(25(27)16-23)8-4-18-5-9-22-15-24(26)13-12-21(22)14-18/h5,9-17,19H,2-3,6-7H2,1H3. The molecule has 3 aromatic rings. The molecule has 4 rings (SSSR count). The van der Waals surface area contributed by atoms with E-state index in [-0.39, 0.29) is 11.6 Å². The van der Waals surface area contributed by atoms with E-state index in [9.17, 15) is 8.78 Å². The average Bonchev–Trinajstić information content (AvgIpc) is 2.67. The van der Waals surface area contributed by atoms with E-state index in [1.807, 2.05) is 24.3 Å². The van der Waals surface area contributed by atoms with Crippen LogP contribution < -0.4 is 0 Å². The molecule has 0 aromatic heterocycles. The van der Waals surface area contributed by atoms with Crippen molar-refractivity contribution in [1.82, 2.24) is 0 Å². The fourth-order valence-corrected chi connectivity index (χ4v) is 3.91. The van der Waals surface area contributed by atoms with Crippen molar-refractivity contribution in [3.05, 3.63) is 82.9 Å². The van der Waals surface area contributed by atoms with Crippen LogP contribution >= 0.6 is 0 Å². The Kier molecular flexibility index (Phi) is 4.94. The Balaban J connectivity index is 1.56. The molecule has 0 saturated heterocycles. The first-order valence-electron chi connectivity index (χ1n) is 9.59. The fraction of sp³-hybridized carbons (Fsp3) is 0.280. The first kappa shape index (κ1) is 17.7. The van der Waals surface area contributed by atoms with Gasteiger partial charge in [0, 0.05) is 5.56 Å². The lowest BCUT2D eigenvalue weighted by Crippen LogP contribution is -2.11. The van der Waals surface area contributed by atoms with E-state index in [2.05, 4.69) is 18.8 Å². The van der Waals surface area contributed by atoms with E-state index >= 15 is 0 Å². The van der Waals surface area contributed by atoms with Crippen LogP contribution in [0.2, 0.25) is 0 Å². The second kappa shape index (κ2) is 7.53. The van der Waals surface area contributed by atoms with Gasteiger partial charge in [0.2, 0.25) is 0 Å². The van der Waals surface area contributed by atoms with Gasteiger partial charge in [-0.15, -0.1) is 0 Å². The zero-order valence-electron chi connectivity index (χ0n) is 15.4. The summed E-state index contributed by atoms with van der Waals surface area (Å²) in [5.41, 5.74) is 2.30. The minimum Gasteiger partial charge on any atom is -0.207 e. The molecule has 0 spiro atoms. The van der Waals surface area contributed by atoms with E-state index in [1.54, 1.807) is 18.2 Å². The Hall–Kier alpha value is -2.66. The van der Waals surface area contributed by atoms with Gasteiger partial charge in [0.15, 0.2) is 0 Å². The molecule has 0 unspecified atom stereocenters. The lowest BCUT2D eigenvalue weighted by atomic mass is 9.79. The molecule has 0 nitrogen and oxygen atoms in total. The Morgan fingerprint density at radius 2 is 1.52 bits per heavy atom. The monoisotopic (exact) mass is 360 g/mol. The van der Waals surface area contributed by atoms with Gasteiger partial charge in [-0.1, -0.05) is 49.8 Å². The lowest BCUT2D eigenvalue weighted by molar-refractivity contribution is 0.347. The third kappa shape index (κ3) is 4.03. The quantitative estimate of drug-likeness (QED) is 0.418. The predicted molar refractivity (Wildman–Crippen MR) is 107 cm³/mol. The first-order chi connectivity index (χ1) is 13.1. The number of fused-ring (bicyclic) bond motifs is 1. The number of benzene rings is 3. The van der Waals surface area contributed by atoms with Crippen molar-refractivity contribution in [3.63, 3.8) is 0 Å². The second-order valence-electron chi connectivity index (χ2n) is 7.65. The smallest absolute Gasteiger partial charge is 0.139 e. The highest BCUT2D eigenvalue weighted by atomic mass is 19.1. The minimum absolute atomic E-state index is 0.249. The zero-order chi connectivity index (χ0) is 18.8. The highest BCUT2D eigenvalue weighted by molar-refractivity contribution is 5.83. The Labute approximate surface area is 159 Å². The maximum Gasteiger partial charge on any atom is 0.139 e. The van der Waals surface area contributed by atoms with E-state index in [4.69, 9.17) is 0 Å². The molecule has 2 heteroatoms. The topological polar surface area (TPSA) is 0 Å². The van der Waals surface area contributed by atoms with Crippen molar-refractivity contribution in [3.8, 4) is 11.8 Å². The van der Waals surface area contributed by atoms with Crippen molar-refractivity contribution in [2.45, 2.75) is 38.5 Å². The van der Waals surface area contributed by atoms with E-state index in [1.165, 1.54) is 25.0 Å². The lowest BCUT2D eigenvalue weighted by Gasteiger charge is -2.26. The van der Waals surface area contributed by atoms with E-state index < -0.39 is 0 Å². The second-order valence-corrected chi connectivity index (χ2v) is 7.65. The van der Waals surface area contributed by atoms with Gasteiger partial charge in [-0.25, -0.2) is 8.78 Å². The van der Waals surface area contributed by atoms with E-state index in [0.717, 1.165) is 40.7 Å². The van der Waals surface area contributed by atoms with Crippen LogP contribution in [-0.4, -0.2) is 0 Å². The summed E-state index contributed by atoms with van der Waals surface area (Å²) in [5, 5.41) is 1.75. The predicted octanol–water partition coefficient (Wildman–Crippen LogP) is 6.81. The summed E-state index contributed by atoms with van der Waals surface area (Å²) in [6.45, 7) is 2.29. The largest absolute Gasteiger partial charge is 0.207 e. The number of hydrogen-bond donors (Lipinski definition) is 0. The number of halogens is 2. The van der Waals surface area contributed by atoms with Crippen molar-refractivity contribution in [2.24, 2.45) is 5.92 Å². The van der Waals surface area contributed by atoms with Gasteiger partial charge in [0.1, 0.15) is 11.6 Å².